The molecule has 1 N–H and O–H groups in total. The molecule has 210 valence electrons. The van der Waals surface area contributed by atoms with E-state index in [-0.39, 0.29) is 17.4 Å². The Morgan fingerprint density at radius 1 is 0.600 bits per heavy atom. The fraction of sp³-hybridized carbons (Fsp3) is 0.351. The largest absolute Gasteiger partial charge is 0.488 e. The van der Waals surface area contributed by atoms with Crippen molar-refractivity contribution in [2.75, 3.05) is 0 Å². The van der Waals surface area contributed by atoms with Crippen LogP contribution in [0.1, 0.15) is 84.7 Å². The van der Waals surface area contributed by atoms with Crippen LogP contribution in [0.2, 0.25) is 0 Å². The van der Waals surface area contributed by atoms with Crippen LogP contribution in [0.25, 0.3) is 0 Å². The van der Waals surface area contributed by atoms with Crippen molar-refractivity contribution in [2.24, 2.45) is 0 Å². The van der Waals surface area contributed by atoms with Crippen molar-refractivity contribution in [3.63, 3.8) is 0 Å². The topological polar surface area (TPSA) is 38.7 Å². The van der Waals surface area contributed by atoms with Gasteiger partial charge in [-0.1, -0.05) is 83.1 Å². The summed E-state index contributed by atoms with van der Waals surface area (Å²) in [5.41, 5.74) is 11.0. The normalized spacial score (nSPS) is 11.9. The average Bonchev–Trinajstić information content (AvgIpc) is 2.88. The van der Waals surface area contributed by atoms with Crippen LogP contribution in [0, 0.1) is 27.7 Å². The van der Waals surface area contributed by atoms with E-state index in [1.165, 1.54) is 27.8 Å². The number of rotatable bonds is 8. The average molecular weight is 537 g/mol. The lowest BCUT2D eigenvalue weighted by Crippen LogP contribution is -2.22. The Morgan fingerprint density at radius 3 is 1.45 bits per heavy atom. The highest BCUT2D eigenvalue weighted by atomic mass is 16.5. The van der Waals surface area contributed by atoms with Gasteiger partial charge in [-0.3, -0.25) is 0 Å². The highest BCUT2D eigenvalue weighted by Gasteiger charge is 2.28. The molecule has 0 unspecified atom stereocenters. The van der Waals surface area contributed by atoms with Gasteiger partial charge in [0.05, 0.1) is 6.61 Å². The van der Waals surface area contributed by atoms with Crippen molar-refractivity contribution in [3.8, 4) is 17.2 Å². The molecule has 0 aliphatic carbocycles. The van der Waals surface area contributed by atoms with E-state index < -0.39 is 0 Å². The Kier molecular flexibility index (Phi) is 8.46. The monoisotopic (exact) mass is 536 g/mol. The molecule has 4 rings (SSSR count). The Balaban J connectivity index is 1.48. The van der Waals surface area contributed by atoms with E-state index >= 15 is 0 Å². The maximum atomic E-state index is 9.21. The molecule has 0 spiro atoms. The predicted octanol–water partition coefficient (Wildman–Crippen LogP) is 9.41. The first-order chi connectivity index (χ1) is 18.8. The van der Waals surface area contributed by atoms with Crippen LogP contribution in [0.4, 0.5) is 0 Å². The number of benzene rings is 4. The molecule has 0 saturated heterocycles. The third-order valence-electron chi connectivity index (χ3n) is 7.83. The molecule has 0 aromatic heterocycles. The Hall–Kier alpha value is -3.56. The lowest BCUT2D eigenvalue weighted by atomic mass is 9.73. The summed E-state index contributed by atoms with van der Waals surface area (Å²) in [6.45, 7) is 20.8. The van der Waals surface area contributed by atoms with Crippen molar-refractivity contribution in [1.82, 2.24) is 0 Å². The molecule has 0 aliphatic heterocycles. The molecular formula is C37H44O3. The molecule has 3 nitrogen and oxygen atoms in total. The SMILES string of the molecule is Cc1cc(C(C)(C)c2cc(C)c(C(C)(C)C)c(C)c2)cc(C)c1OCc1ccc(Oc2ccc(CO)cc2)cc1. The molecule has 0 bridgehead atoms. The molecule has 0 fully saturated rings. The van der Waals surface area contributed by atoms with Crippen LogP contribution in [0.5, 0.6) is 17.2 Å². The second-order valence-corrected chi connectivity index (χ2v) is 12.6. The van der Waals surface area contributed by atoms with Gasteiger partial charge in [0.15, 0.2) is 0 Å². The van der Waals surface area contributed by atoms with Gasteiger partial charge >= 0.3 is 0 Å². The molecule has 0 aliphatic rings. The van der Waals surface area contributed by atoms with Crippen LogP contribution in [0.15, 0.2) is 72.8 Å². The van der Waals surface area contributed by atoms with Crippen molar-refractivity contribution in [1.29, 1.82) is 0 Å². The first-order valence-electron chi connectivity index (χ1n) is 14.1. The number of aryl methyl sites for hydroxylation is 4. The van der Waals surface area contributed by atoms with E-state index in [0.717, 1.165) is 39.5 Å². The standard InChI is InChI=1S/C37H44O3/c1-24-18-30(19-25(2)34(24)36(5,6)7)37(8,9)31-20-26(3)35(27(4)21-31)39-23-29-12-16-33(17-13-29)40-32-14-10-28(22-38)11-15-32/h10-21,38H,22-23H2,1-9H3. The van der Waals surface area contributed by atoms with Crippen molar-refractivity contribution < 1.29 is 14.6 Å². The minimum atomic E-state index is -0.131. The molecule has 0 atom stereocenters. The molecule has 0 radical (unpaired) electrons. The second-order valence-electron chi connectivity index (χ2n) is 12.6. The zero-order valence-corrected chi connectivity index (χ0v) is 25.6. The van der Waals surface area contributed by atoms with Gasteiger partial charge in [-0.25, -0.2) is 0 Å². The van der Waals surface area contributed by atoms with Crippen LogP contribution in [-0.2, 0) is 24.0 Å². The fourth-order valence-corrected chi connectivity index (χ4v) is 5.82. The molecule has 40 heavy (non-hydrogen) atoms. The smallest absolute Gasteiger partial charge is 0.127 e. The van der Waals surface area contributed by atoms with Crippen LogP contribution < -0.4 is 9.47 Å². The van der Waals surface area contributed by atoms with Gasteiger partial charge in [0.25, 0.3) is 0 Å². The Bertz CT molecular complexity index is 1420. The fourth-order valence-electron chi connectivity index (χ4n) is 5.82. The van der Waals surface area contributed by atoms with Gasteiger partial charge in [-0.2, -0.15) is 0 Å². The number of aliphatic hydroxyl groups excluding tert-OH is 1. The zero-order chi connectivity index (χ0) is 29.2. The molecule has 0 heterocycles. The lowest BCUT2D eigenvalue weighted by molar-refractivity contribution is 0.281. The number of hydrogen-bond acceptors (Lipinski definition) is 3. The number of ether oxygens (including phenoxy) is 2. The zero-order valence-electron chi connectivity index (χ0n) is 25.6. The van der Waals surface area contributed by atoms with Gasteiger partial charge in [0, 0.05) is 5.41 Å². The Morgan fingerprint density at radius 2 is 1.02 bits per heavy atom. The van der Waals surface area contributed by atoms with E-state index in [1.807, 2.05) is 48.5 Å². The second kappa shape index (κ2) is 11.5. The van der Waals surface area contributed by atoms with E-state index in [1.54, 1.807) is 0 Å². The Labute approximate surface area is 240 Å². The summed E-state index contributed by atoms with van der Waals surface area (Å²) in [5, 5.41) is 9.21. The van der Waals surface area contributed by atoms with E-state index in [0.29, 0.717) is 6.61 Å². The number of aliphatic hydroxyl groups is 1. The lowest BCUT2D eigenvalue weighted by Gasteiger charge is -2.31. The summed E-state index contributed by atoms with van der Waals surface area (Å²) >= 11 is 0. The molecule has 0 amide bonds. The van der Waals surface area contributed by atoms with Gasteiger partial charge in [0.2, 0.25) is 0 Å². The van der Waals surface area contributed by atoms with Gasteiger partial charge in [0.1, 0.15) is 23.9 Å². The van der Waals surface area contributed by atoms with E-state index in [4.69, 9.17) is 9.47 Å². The highest BCUT2D eigenvalue weighted by molar-refractivity contribution is 5.51. The van der Waals surface area contributed by atoms with E-state index in [9.17, 15) is 5.11 Å². The van der Waals surface area contributed by atoms with E-state index in [2.05, 4.69) is 86.6 Å². The minimum absolute atomic E-state index is 0.0270. The maximum Gasteiger partial charge on any atom is 0.127 e. The van der Waals surface area contributed by atoms with Crippen molar-refractivity contribution >= 4 is 0 Å². The summed E-state index contributed by atoms with van der Waals surface area (Å²) in [7, 11) is 0. The number of hydrogen-bond donors (Lipinski definition) is 1. The van der Waals surface area contributed by atoms with Crippen molar-refractivity contribution in [3.05, 3.63) is 123 Å². The van der Waals surface area contributed by atoms with Gasteiger partial charge in [-0.05, 0) is 107 Å². The molecule has 4 aromatic carbocycles. The third-order valence-corrected chi connectivity index (χ3v) is 7.83. The summed E-state index contributed by atoms with van der Waals surface area (Å²) in [6.07, 6.45) is 0. The quantitative estimate of drug-likeness (QED) is 0.244. The molecule has 0 saturated carbocycles. The van der Waals surface area contributed by atoms with Crippen LogP contribution in [-0.4, -0.2) is 5.11 Å². The third kappa shape index (κ3) is 6.42. The summed E-state index contributed by atoms with van der Waals surface area (Å²) in [5.74, 6) is 2.45. The summed E-state index contributed by atoms with van der Waals surface area (Å²) in [4.78, 5) is 0. The van der Waals surface area contributed by atoms with Crippen molar-refractivity contribution in [2.45, 2.75) is 86.4 Å². The summed E-state index contributed by atoms with van der Waals surface area (Å²) in [6, 6.07) is 24.7. The van der Waals surface area contributed by atoms with Gasteiger partial charge < -0.3 is 14.6 Å². The van der Waals surface area contributed by atoms with Crippen LogP contribution >= 0.6 is 0 Å². The first kappa shape index (κ1) is 29.4. The molecule has 3 heteroatoms. The first-order valence-corrected chi connectivity index (χ1v) is 14.1. The highest BCUT2D eigenvalue weighted by Crippen LogP contribution is 2.39. The maximum absolute atomic E-state index is 9.21. The summed E-state index contributed by atoms with van der Waals surface area (Å²) < 4.78 is 12.3. The van der Waals surface area contributed by atoms with Crippen LogP contribution in [0.3, 0.4) is 0 Å². The minimum Gasteiger partial charge on any atom is -0.488 e. The molecular weight excluding hydrogens is 492 g/mol. The molecule has 4 aromatic rings. The van der Waals surface area contributed by atoms with Gasteiger partial charge in [-0.15, -0.1) is 0 Å². The predicted molar refractivity (Wildman–Crippen MR) is 166 cm³/mol.